The third-order valence-corrected chi connectivity index (χ3v) is 6.51. The molecule has 0 saturated carbocycles. The molecule has 0 bridgehead atoms. The number of nitrogens with zero attached hydrogens (tertiary/aromatic N) is 2. The fraction of sp³-hybridized carbons (Fsp3) is 0.125. The summed E-state index contributed by atoms with van der Waals surface area (Å²) < 4.78 is 6.13. The average Bonchev–Trinajstić information content (AvgIpc) is 3.27. The Morgan fingerprint density at radius 3 is 2.20 bits per heavy atom. The van der Waals surface area contributed by atoms with E-state index in [-0.39, 0.29) is 0 Å². The van der Waals surface area contributed by atoms with E-state index in [1.54, 1.807) is 0 Å². The van der Waals surface area contributed by atoms with Gasteiger partial charge in [-0.3, -0.25) is 0 Å². The van der Waals surface area contributed by atoms with E-state index in [1.807, 2.05) is 24.3 Å². The second-order valence-corrected chi connectivity index (χ2v) is 9.38. The molecule has 4 aromatic carbocycles. The van der Waals surface area contributed by atoms with E-state index in [1.165, 1.54) is 11.1 Å². The van der Waals surface area contributed by atoms with Crippen molar-refractivity contribution in [2.75, 3.05) is 0 Å². The topological polar surface area (TPSA) is 38.9 Å². The Hall–Kier alpha value is -4.24. The molecule has 0 amide bonds. The largest absolute Gasteiger partial charge is 0.456 e. The van der Waals surface area contributed by atoms with Crippen LogP contribution < -0.4 is 0 Å². The zero-order valence-electron chi connectivity index (χ0n) is 20.1. The minimum atomic E-state index is 0.314. The van der Waals surface area contributed by atoms with E-state index in [2.05, 4.69) is 93.6 Å². The lowest BCUT2D eigenvalue weighted by molar-refractivity contribution is 0.669. The van der Waals surface area contributed by atoms with E-state index in [0.717, 1.165) is 55.8 Å². The van der Waals surface area contributed by atoms with Crippen LogP contribution in [0.3, 0.4) is 0 Å². The summed E-state index contributed by atoms with van der Waals surface area (Å²) in [6.45, 7) is 6.45. The molecule has 170 valence electrons. The highest BCUT2D eigenvalue weighted by molar-refractivity contribution is 6.12. The van der Waals surface area contributed by atoms with Crippen molar-refractivity contribution in [2.24, 2.45) is 0 Å². The van der Waals surface area contributed by atoms with Gasteiger partial charge in [-0.05, 0) is 48.2 Å². The molecule has 0 aliphatic heterocycles. The Kier molecular flexibility index (Phi) is 5.18. The normalized spacial score (nSPS) is 11.5. The Morgan fingerprint density at radius 2 is 1.43 bits per heavy atom. The van der Waals surface area contributed by atoms with Crippen LogP contribution >= 0.6 is 0 Å². The standard InChI is InChI=1S/C32H26N2O/c1-20(2)27-19-28(23-8-5-4-6-9-23)34-32(33-27)24-15-13-22(14-16-24)25-10-7-11-30-31(25)26-18-21(3)12-17-29(26)35-30/h4-20H,1-3H3. The van der Waals surface area contributed by atoms with Crippen molar-refractivity contribution in [3.8, 4) is 33.8 Å². The number of rotatable bonds is 4. The third kappa shape index (κ3) is 3.89. The van der Waals surface area contributed by atoms with Crippen molar-refractivity contribution in [2.45, 2.75) is 26.7 Å². The van der Waals surface area contributed by atoms with Crippen LogP contribution in [0.25, 0.3) is 55.7 Å². The monoisotopic (exact) mass is 454 g/mol. The molecule has 0 N–H and O–H groups in total. The van der Waals surface area contributed by atoms with Gasteiger partial charge in [0, 0.05) is 27.6 Å². The summed E-state index contributed by atoms with van der Waals surface area (Å²) in [7, 11) is 0. The molecule has 6 rings (SSSR count). The molecule has 3 heteroatoms. The maximum absolute atomic E-state index is 6.13. The number of aromatic nitrogens is 2. The summed E-state index contributed by atoms with van der Waals surface area (Å²) >= 11 is 0. The SMILES string of the molecule is Cc1ccc2oc3cccc(-c4ccc(-c5nc(-c6ccccc6)cc(C(C)C)n5)cc4)c3c2c1. The molecule has 0 radical (unpaired) electrons. The molecule has 0 aliphatic carbocycles. The van der Waals surface area contributed by atoms with E-state index in [9.17, 15) is 0 Å². The van der Waals surface area contributed by atoms with Gasteiger partial charge in [0.1, 0.15) is 11.2 Å². The lowest BCUT2D eigenvalue weighted by Crippen LogP contribution is -2.00. The first-order valence-corrected chi connectivity index (χ1v) is 12.0. The highest BCUT2D eigenvalue weighted by atomic mass is 16.3. The number of benzene rings is 4. The van der Waals surface area contributed by atoms with Gasteiger partial charge in [0.05, 0.1) is 5.69 Å². The molecule has 2 aromatic heterocycles. The Labute approximate surface area is 205 Å². The third-order valence-electron chi connectivity index (χ3n) is 6.51. The van der Waals surface area contributed by atoms with Crippen molar-refractivity contribution in [1.29, 1.82) is 0 Å². The highest BCUT2D eigenvalue weighted by Gasteiger charge is 2.14. The number of aryl methyl sites for hydroxylation is 1. The predicted molar refractivity (Wildman–Crippen MR) is 144 cm³/mol. The number of fused-ring (bicyclic) bond motifs is 3. The highest BCUT2D eigenvalue weighted by Crippen LogP contribution is 2.37. The van der Waals surface area contributed by atoms with Crippen LogP contribution in [0.15, 0.2) is 101 Å². The van der Waals surface area contributed by atoms with Gasteiger partial charge in [-0.25, -0.2) is 9.97 Å². The van der Waals surface area contributed by atoms with Crippen molar-refractivity contribution >= 4 is 21.9 Å². The zero-order valence-corrected chi connectivity index (χ0v) is 20.1. The average molecular weight is 455 g/mol. The molecule has 3 nitrogen and oxygen atoms in total. The smallest absolute Gasteiger partial charge is 0.160 e. The summed E-state index contributed by atoms with van der Waals surface area (Å²) in [5, 5.41) is 2.31. The van der Waals surface area contributed by atoms with E-state index in [4.69, 9.17) is 14.4 Å². The summed E-state index contributed by atoms with van der Waals surface area (Å²) in [4.78, 5) is 9.82. The second-order valence-electron chi connectivity index (χ2n) is 9.38. The van der Waals surface area contributed by atoms with E-state index >= 15 is 0 Å². The molecular weight excluding hydrogens is 428 g/mol. The molecule has 6 aromatic rings. The van der Waals surface area contributed by atoms with Crippen molar-refractivity contribution in [1.82, 2.24) is 9.97 Å². The number of hydrogen-bond acceptors (Lipinski definition) is 3. The van der Waals surface area contributed by atoms with Crippen LogP contribution in [0.5, 0.6) is 0 Å². The zero-order chi connectivity index (χ0) is 23.9. The molecule has 0 fully saturated rings. The fourth-order valence-corrected chi connectivity index (χ4v) is 4.63. The lowest BCUT2D eigenvalue weighted by atomic mass is 9.98. The molecule has 0 atom stereocenters. The Balaban J connectivity index is 1.45. The maximum atomic E-state index is 6.13. The fourth-order valence-electron chi connectivity index (χ4n) is 4.63. The van der Waals surface area contributed by atoms with Crippen molar-refractivity contribution < 1.29 is 4.42 Å². The van der Waals surface area contributed by atoms with Gasteiger partial charge in [-0.1, -0.05) is 92.2 Å². The van der Waals surface area contributed by atoms with Crippen LogP contribution in [0.4, 0.5) is 0 Å². The Bertz CT molecular complexity index is 1660. The summed E-state index contributed by atoms with van der Waals surface area (Å²) in [5.74, 6) is 1.07. The first-order valence-electron chi connectivity index (χ1n) is 12.0. The lowest BCUT2D eigenvalue weighted by Gasteiger charge is -2.11. The van der Waals surface area contributed by atoms with Gasteiger partial charge < -0.3 is 4.42 Å². The summed E-state index contributed by atoms with van der Waals surface area (Å²) in [6, 6.07) is 33.6. The van der Waals surface area contributed by atoms with Gasteiger partial charge in [0.25, 0.3) is 0 Å². The molecule has 2 heterocycles. The minimum Gasteiger partial charge on any atom is -0.456 e. The van der Waals surface area contributed by atoms with Crippen molar-refractivity contribution in [3.05, 3.63) is 108 Å². The van der Waals surface area contributed by atoms with Crippen molar-refractivity contribution in [3.63, 3.8) is 0 Å². The van der Waals surface area contributed by atoms with Gasteiger partial charge in [0.15, 0.2) is 5.82 Å². The molecule has 0 spiro atoms. The van der Waals surface area contributed by atoms with Crippen LogP contribution in [-0.4, -0.2) is 9.97 Å². The van der Waals surface area contributed by atoms with Gasteiger partial charge in [0.2, 0.25) is 0 Å². The molecule has 0 aliphatic rings. The maximum Gasteiger partial charge on any atom is 0.160 e. The van der Waals surface area contributed by atoms with Crippen LogP contribution in [0, 0.1) is 6.92 Å². The van der Waals surface area contributed by atoms with Crippen LogP contribution in [-0.2, 0) is 0 Å². The predicted octanol–water partition coefficient (Wildman–Crippen LogP) is 8.81. The molecule has 0 saturated heterocycles. The second kappa shape index (κ2) is 8.52. The molecule has 35 heavy (non-hydrogen) atoms. The molecule has 0 unspecified atom stereocenters. The first-order chi connectivity index (χ1) is 17.1. The van der Waals surface area contributed by atoms with E-state index in [0.29, 0.717) is 5.92 Å². The number of furan rings is 1. The van der Waals surface area contributed by atoms with Gasteiger partial charge >= 0.3 is 0 Å². The minimum absolute atomic E-state index is 0.314. The Morgan fingerprint density at radius 1 is 0.657 bits per heavy atom. The van der Waals surface area contributed by atoms with Gasteiger partial charge in [-0.15, -0.1) is 0 Å². The summed E-state index contributed by atoms with van der Waals surface area (Å²) in [6.07, 6.45) is 0. The van der Waals surface area contributed by atoms with Crippen LogP contribution in [0.1, 0.15) is 31.0 Å². The first kappa shape index (κ1) is 21.3. The molecular formula is C32H26N2O. The quantitative estimate of drug-likeness (QED) is 0.267. The summed E-state index contributed by atoms with van der Waals surface area (Å²) in [5.41, 5.74) is 9.47. The number of hydrogen-bond donors (Lipinski definition) is 0. The van der Waals surface area contributed by atoms with Gasteiger partial charge in [-0.2, -0.15) is 0 Å². The van der Waals surface area contributed by atoms with E-state index < -0.39 is 0 Å². The van der Waals surface area contributed by atoms with Crippen LogP contribution in [0.2, 0.25) is 0 Å².